The summed E-state index contributed by atoms with van der Waals surface area (Å²) < 4.78 is 6.55. The summed E-state index contributed by atoms with van der Waals surface area (Å²) in [5.74, 6) is 1.74. The molecular formula is C30H38N4OSi. The predicted octanol–water partition coefficient (Wildman–Crippen LogP) is 6.48. The Morgan fingerprint density at radius 2 is 1.53 bits per heavy atom. The van der Waals surface area contributed by atoms with Crippen LogP contribution in [-0.2, 0) is 5.54 Å². The van der Waals surface area contributed by atoms with Gasteiger partial charge in [0, 0.05) is 54.2 Å². The molecule has 5 rings (SSSR count). The third-order valence-corrected chi connectivity index (χ3v) is 9.51. The second-order valence-corrected chi connectivity index (χ2v) is 16.7. The molecule has 0 saturated heterocycles. The molecule has 3 aromatic rings. The molecule has 0 aliphatic carbocycles. The van der Waals surface area contributed by atoms with Gasteiger partial charge >= 0.3 is 0 Å². The van der Waals surface area contributed by atoms with E-state index in [9.17, 15) is 0 Å². The third kappa shape index (κ3) is 4.63. The zero-order valence-electron chi connectivity index (χ0n) is 22.6. The van der Waals surface area contributed by atoms with Gasteiger partial charge in [0.05, 0.1) is 21.4 Å². The van der Waals surface area contributed by atoms with E-state index < -0.39 is 8.07 Å². The summed E-state index contributed by atoms with van der Waals surface area (Å²) in [6, 6.07) is 23.9. The first-order valence-corrected chi connectivity index (χ1v) is 16.2. The molecule has 5 nitrogen and oxygen atoms in total. The molecular weight excluding hydrogens is 460 g/mol. The average Bonchev–Trinajstić information content (AvgIpc) is 3.27. The summed E-state index contributed by atoms with van der Waals surface area (Å²) in [5.41, 5.74) is 4.88. The second kappa shape index (κ2) is 9.02. The summed E-state index contributed by atoms with van der Waals surface area (Å²) in [6.45, 7) is 13.4. The molecule has 0 aromatic heterocycles. The zero-order chi connectivity index (χ0) is 25.7. The minimum Gasteiger partial charge on any atom is -0.457 e. The maximum absolute atomic E-state index is 6.55. The van der Waals surface area contributed by atoms with Crippen LogP contribution in [0.3, 0.4) is 0 Å². The van der Waals surface area contributed by atoms with Gasteiger partial charge in [0.15, 0.2) is 0 Å². The largest absolute Gasteiger partial charge is 0.457 e. The lowest BCUT2D eigenvalue weighted by Gasteiger charge is -2.47. The highest BCUT2D eigenvalue weighted by molar-refractivity contribution is 6.88. The number of fused-ring (bicyclic) bond motifs is 1. The summed E-state index contributed by atoms with van der Waals surface area (Å²) in [7, 11) is 2.75. The standard InChI is InChI=1S/C30H38N4OSi/c1-30(2)28-13-8-9-14-29(28)34(22-32(30)4)23-11-10-12-25(17-23)35-26-18-24(33-16-15-31(3)21-33)19-27(20-26)36(5,6)7/h8-20H,21-22H2,1-7H3. The molecule has 36 heavy (non-hydrogen) atoms. The number of ether oxygens (including phenoxy) is 1. The van der Waals surface area contributed by atoms with Crippen molar-refractivity contribution in [1.29, 1.82) is 0 Å². The molecule has 0 bridgehead atoms. The smallest absolute Gasteiger partial charge is 0.129 e. The SMILES string of the molecule is CN1C=CN(c2cc(Oc3cccc(N4CN(C)C(C)(C)c5ccccc54)c3)cc([Si](C)(C)C)c2)C1. The van der Waals surface area contributed by atoms with Gasteiger partial charge in [-0.05, 0) is 56.8 Å². The van der Waals surface area contributed by atoms with Gasteiger partial charge in [-0.25, -0.2) is 0 Å². The molecule has 2 aliphatic rings. The topological polar surface area (TPSA) is 22.2 Å². The van der Waals surface area contributed by atoms with Crippen LogP contribution in [0.5, 0.6) is 11.5 Å². The van der Waals surface area contributed by atoms with E-state index in [1.165, 1.54) is 22.1 Å². The van der Waals surface area contributed by atoms with E-state index in [4.69, 9.17) is 4.74 Å². The number of hydrogen-bond donors (Lipinski definition) is 0. The van der Waals surface area contributed by atoms with Gasteiger partial charge in [0.25, 0.3) is 0 Å². The van der Waals surface area contributed by atoms with Gasteiger partial charge in [0.1, 0.15) is 11.5 Å². The fourth-order valence-corrected chi connectivity index (χ4v) is 6.06. The Balaban J connectivity index is 1.48. The van der Waals surface area contributed by atoms with Crippen LogP contribution in [0.15, 0.2) is 79.1 Å². The van der Waals surface area contributed by atoms with E-state index >= 15 is 0 Å². The second-order valence-electron chi connectivity index (χ2n) is 11.6. The maximum atomic E-state index is 6.55. The average molecular weight is 499 g/mol. The van der Waals surface area contributed by atoms with E-state index in [2.05, 4.69) is 146 Å². The zero-order valence-corrected chi connectivity index (χ0v) is 23.6. The molecule has 3 aromatic carbocycles. The van der Waals surface area contributed by atoms with Crippen LogP contribution in [0.4, 0.5) is 17.1 Å². The first-order chi connectivity index (χ1) is 17.0. The van der Waals surface area contributed by atoms with Gasteiger partial charge < -0.3 is 19.4 Å². The van der Waals surface area contributed by atoms with Gasteiger partial charge in [-0.3, -0.25) is 4.90 Å². The molecule has 2 heterocycles. The maximum Gasteiger partial charge on any atom is 0.129 e. The highest BCUT2D eigenvalue weighted by atomic mass is 28.3. The molecule has 2 aliphatic heterocycles. The number of rotatable bonds is 5. The molecule has 0 N–H and O–H groups in total. The number of benzene rings is 3. The van der Waals surface area contributed by atoms with Crippen LogP contribution in [0.1, 0.15) is 19.4 Å². The number of anilines is 3. The van der Waals surface area contributed by atoms with Crippen molar-refractivity contribution in [2.24, 2.45) is 0 Å². The fourth-order valence-electron chi connectivity index (χ4n) is 4.91. The molecule has 0 spiro atoms. The Labute approximate surface area is 217 Å². The van der Waals surface area contributed by atoms with E-state index in [-0.39, 0.29) is 5.54 Å². The molecule has 6 heteroatoms. The lowest BCUT2D eigenvalue weighted by atomic mass is 9.88. The van der Waals surface area contributed by atoms with Crippen molar-refractivity contribution in [3.8, 4) is 11.5 Å². The first-order valence-electron chi connectivity index (χ1n) is 12.7. The quantitative estimate of drug-likeness (QED) is 0.375. The van der Waals surface area contributed by atoms with Crippen molar-refractivity contribution >= 4 is 30.3 Å². The molecule has 0 amide bonds. The Bertz CT molecular complexity index is 1300. The van der Waals surface area contributed by atoms with Crippen LogP contribution in [-0.4, -0.2) is 45.3 Å². The number of hydrogen-bond acceptors (Lipinski definition) is 5. The Hall–Kier alpha value is -3.22. The first kappa shape index (κ1) is 24.5. The molecule has 0 atom stereocenters. The lowest BCUT2D eigenvalue weighted by molar-refractivity contribution is 0.150. The number of nitrogens with zero attached hydrogens (tertiary/aromatic N) is 4. The summed E-state index contributed by atoms with van der Waals surface area (Å²) in [4.78, 5) is 9.23. The van der Waals surface area contributed by atoms with Crippen molar-refractivity contribution in [2.45, 2.75) is 39.0 Å². The van der Waals surface area contributed by atoms with Crippen LogP contribution < -0.4 is 19.7 Å². The Morgan fingerprint density at radius 3 is 2.25 bits per heavy atom. The fraction of sp³-hybridized carbons (Fsp3) is 0.333. The summed E-state index contributed by atoms with van der Waals surface area (Å²) in [6.07, 6.45) is 4.25. The highest BCUT2D eigenvalue weighted by Crippen LogP contribution is 2.42. The third-order valence-electron chi connectivity index (χ3n) is 7.49. The normalized spacial score (nSPS) is 17.5. The predicted molar refractivity (Wildman–Crippen MR) is 154 cm³/mol. The minimum atomic E-state index is -1.54. The number of para-hydroxylation sites is 1. The van der Waals surface area contributed by atoms with E-state index in [0.717, 1.165) is 30.5 Å². The van der Waals surface area contributed by atoms with Crippen LogP contribution in [0.25, 0.3) is 0 Å². The highest BCUT2D eigenvalue weighted by Gasteiger charge is 2.35. The van der Waals surface area contributed by atoms with Crippen molar-refractivity contribution < 1.29 is 4.74 Å². The summed E-state index contributed by atoms with van der Waals surface area (Å²) in [5, 5.41) is 1.39. The Kier molecular flexibility index (Phi) is 6.13. The van der Waals surface area contributed by atoms with Crippen molar-refractivity contribution in [3.63, 3.8) is 0 Å². The van der Waals surface area contributed by atoms with Crippen molar-refractivity contribution in [3.05, 3.63) is 84.7 Å². The Morgan fingerprint density at radius 1 is 0.778 bits per heavy atom. The van der Waals surface area contributed by atoms with E-state index in [0.29, 0.717) is 0 Å². The van der Waals surface area contributed by atoms with Crippen molar-refractivity contribution in [2.75, 3.05) is 37.2 Å². The van der Waals surface area contributed by atoms with E-state index in [1.807, 2.05) is 0 Å². The minimum absolute atomic E-state index is 0.0209. The van der Waals surface area contributed by atoms with Gasteiger partial charge in [-0.15, -0.1) is 0 Å². The molecule has 0 fully saturated rings. The summed E-state index contributed by atoms with van der Waals surface area (Å²) >= 11 is 0. The molecule has 188 valence electrons. The van der Waals surface area contributed by atoms with Gasteiger partial charge in [0.2, 0.25) is 0 Å². The molecule has 0 saturated carbocycles. The van der Waals surface area contributed by atoms with E-state index in [1.54, 1.807) is 0 Å². The molecule has 0 radical (unpaired) electrons. The van der Waals surface area contributed by atoms with Crippen LogP contribution in [0.2, 0.25) is 19.6 Å². The molecule has 0 unspecified atom stereocenters. The van der Waals surface area contributed by atoms with Gasteiger partial charge in [-0.2, -0.15) is 0 Å². The van der Waals surface area contributed by atoms with Crippen molar-refractivity contribution in [1.82, 2.24) is 9.80 Å². The van der Waals surface area contributed by atoms with Crippen LogP contribution in [0, 0.1) is 0 Å². The monoisotopic (exact) mass is 498 g/mol. The van der Waals surface area contributed by atoms with Gasteiger partial charge in [-0.1, -0.05) is 49.1 Å². The lowest BCUT2D eigenvalue weighted by Crippen LogP contribution is -2.49. The van der Waals surface area contributed by atoms with Crippen LogP contribution >= 0.6 is 0 Å².